The topological polar surface area (TPSA) is 0 Å². The Morgan fingerprint density at radius 3 is 2.47 bits per heavy atom. The Morgan fingerprint density at radius 2 is 1.80 bits per heavy atom. The van der Waals surface area contributed by atoms with Gasteiger partial charge in [0.25, 0.3) is 0 Å². The first kappa shape index (κ1) is 11.0. The van der Waals surface area contributed by atoms with Crippen LogP contribution in [0.2, 0.25) is 5.02 Å². The van der Waals surface area contributed by atoms with E-state index >= 15 is 0 Å². The number of rotatable bonds is 1. The molecule has 0 aliphatic heterocycles. The monoisotopic (exact) mass is 328 g/mol. The molecule has 76 valence electrons. The molecule has 0 bridgehead atoms. The lowest BCUT2D eigenvalue weighted by Gasteiger charge is -2.06. The van der Waals surface area contributed by atoms with Gasteiger partial charge in [0.1, 0.15) is 0 Å². The molecular formula is C13H10ClI. The van der Waals surface area contributed by atoms with E-state index in [9.17, 15) is 0 Å². The Morgan fingerprint density at radius 1 is 1.07 bits per heavy atom. The van der Waals surface area contributed by atoms with Gasteiger partial charge < -0.3 is 0 Å². The summed E-state index contributed by atoms with van der Waals surface area (Å²) in [6.07, 6.45) is 0. The van der Waals surface area contributed by atoms with Crippen molar-refractivity contribution in [2.45, 2.75) is 6.92 Å². The fraction of sp³-hybridized carbons (Fsp3) is 0.0769. The lowest BCUT2D eigenvalue weighted by Crippen LogP contribution is -1.83. The summed E-state index contributed by atoms with van der Waals surface area (Å²) in [6, 6.07) is 14.4. The van der Waals surface area contributed by atoms with Crippen molar-refractivity contribution in [1.29, 1.82) is 0 Å². The number of halogens is 2. The summed E-state index contributed by atoms with van der Waals surface area (Å²) in [5, 5.41) is 0.805. The third-order valence-electron chi connectivity index (χ3n) is 2.23. The molecule has 2 rings (SSSR count). The third-order valence-corrected chi connectivity index (χ3v) is 3.18. The predicted octanol–water partition coefficient (Wildman–Crippen LogP) is 4.92. The maximum absolute atomic E-state index is 6.16. The van der Waals surface area contributed by atoms with E-state index in [1.165, 1.54) is 14.7 Å². The summed E-state index contributed by atoms with van der Waals surface area (Å²) in [5.74, 6) is 0. The van der Waals surface area contributed by atoms with Gasteiger partial charge in [-0.3, -0.25) is 0 Å². The second-order valence-electron chi connectivity index (χ2n) is 3.50. The van der Waals surface area contributed by atoms with Crippen molar-refractivity contribution >= 4 is 34.2 Å². The average Bonchev–Trinajstić information content (AvgIpc) is 2.16. The zero-order chi connectivity index (χ0) is 10.8. The molecule has 0 aromatic heterocycles. The molecule has 0 spiro atoms. The van der Waals surface area contributed by atoms with Gasteiger partial charge in [-0.2, -0.15) is 0 Å². The Hall–Kier alpha value is -0.540. The molecule has 0 heterocycles. The summed E-state index contributed by atoms with van der Waals surface area (Å²) in [7, 11) is 0. The molecule has 0 saturated carbocycles. The fourth-order valence-electron chi connectivity index (χ4n) is 1.59. The second kappa shape index (κ2) is 4.54. The minimum Gasteiger partial charge on any atom is -0.0837 e. The van der Waals surface area contributed by atoms with E-state index in [1.807, 2.05) is 24.3 Å². The van der Waals surface area contributed by atoms with E-state index in [2.05, 4.69) is 47.7 Å². The van der Waals surface area contributed by atoms with Crippen molar-refractivity contribution in [2.75, 3.05) is 0 Å². The van der Waals surface area contributed by atoms with Crippen LogP contribution in [0.4, 0.5) is 0 Å². The van der Waals surface area contributed by atoms with Gasteiger partial charge in [-0.05, 0) is 58.8 Å². The average molecular weight is 329 g/mol. The molecule has 0 radical (unpaired) electrons. The highest BCUT2D eigenvalue weighted by molar-refractivity contribution is 14.1. The first-order valence-corrected chi connectivity index (χ1v) is 6.14. The SMILES string of the molecule is Cc1cc(I)cc(-c2ccccc2Cl)c1. The van der Waals surface area contributed by atoms with Crippen LogP contribution in [-0.2, 0) is 0 Å². The molecule has 2 aromatic carbocycles. The fourth-order valence-corrected chi connectivity index (χ4v) is 2.66. The quantitative estimate of drug-likeness (QED) is 0.652. The second-order valence-corrected chi connectivity index (χ2v) is 5.15. The molecule has 2 heteroatoms. The van der Waals surface area contributed by atoms with Gasteiger partial charge in [-0.15, -0.1) is 0 Å². The van der Waals surface area contributed by atoms with Gasteiger partial charge in [0.15, 0.2) is 0 Å². The van der Waals surface area contributed by atoms with Crippen molar-refractivity contribution in [3.05, 3.63) is 56.6 Å². The first-order chi connectivity index (χ1) is 7.16. The molecule has 0 fully saturated rings. The van der Waals surface area contributed by atoms with E-state index in [0.717, 1.165) is 10.6 Å². The van der Waals surface area contributed by atoms with Gasteiger partial charge in [0.2, 0.25) is 0 Å². The van der Waals surface area contributed by atoms with Gasteiger partial charge in [-0.25, -0.2) is 0 Å². The maximum Gasteiger partial charge on any atom is 0.0484 e. The van der Waals surface area contributed by atoms with Gasteiger partial charge in [-0.1, -0.05) is 35.9 Å². The van der Waals surface area contributed by atoms with Crippen LogP contribution in [0.5, 0.6) is 0 Å². The molecule has 0 unspecified atom stereocenters. The summed E-state index contributed by atoms with van der Waals surface area (Å²) >= 11 is 8.49. The van der Waals surface area contributed by atoms with Crippen LogP contribution in [0.15, 0.2) is 42.5 Å². The molecule has 0 N–H and O–H groups in total. The summed E-state index contributed by atoms with van der Waals surface area (Å²) in [4.78, 5) is 0. The number of aryl methyl sites for hydroxylation is 1. The number of benzene rings is 2. The highest BCUT2D eigenvalue weighted by atomic mass is 127. The van der Waals surface area contributed by atoms with Crippen LogP contribution in [0.1, 0.15) is 5.56 Å². The zero-order valence-electron chi connectivity index (χ0n) is 8.30. The Labute approximate surface area is 108 Å². The summed E-state index contributed by atoms with van der Waals surface area (Å²) in [5.41, 5.74) is 3.54. The van der Waals surface area contributed by atoms with Crippen LogP contribution < -0.4 is 0 Å². The number of hydrogen-bond acceptors (Lipinski definition) is 0. The molecule has 0 aliphatic carbocycles. The summed E-state index contributed by atoms with van der Waals surface area (Å²) in [6.45, 7) is 2.10. The summed E-state index contributed by atoms with van der Waals surface area (Å²) < 4.78 is 1.24. The van der Waals surface area contributed by atoms with E-state index in [0.29, 0.717) is 0 Å². The van der Waals surface area contributed by atoms with Crippen LogP contribution in [0.25, 0.3) is 11.1 Å². The van der Waals surface area contributed by atoms with Crippen LogP contribution in [-0.4, -0.2) is 0 Å². The molecule has 0 nitrogen and oxygen atoms in total. The van der Waals surface area contributed by atoms with E-state index in [1.54, 1.807) is 0 Å². The highest BCUT2D eigenvalue weighted by Gasteiger charge is 2.03. The van der Waals surface area contributed by atoms with E-state index in [-0.39, 0.29) is 0 Å². The lowest BCUT2D eigenvalue weighted by atomic mass is 10.0. The molecule has 0 saturated heterocycles. The predicted molar refractivity (Wildman–Crippen MR) is 74.3 cm³/mol. The molecule has 0 atom stereocenters. The maximum atomic E-state index is 6.16. The minimum atomic E-state index is 0.805. The minimum absolute atomic E-state index is 0.805. The van der Waals surface area contributed by atoms with Crippen molar-refractivity contribution in [3.8, 4) is 11.1 Å². The molecular weight excluding hydrogens is 319 g/mol. The van der Waals surface area contributed by atoms with Crippen LogP contribution in [0, 0.1) is 10.5 Å². The smallest absolute Gasteiger partial charge is 0.0484 e. The molecule has 15 heavy (non-hydrogen) atoms. The van der Waals surface area contributed by atoms with Crippen molar-refractivity contribution < 1.29 is 0 Å². The van der Waals surface area contributed by atoms with Gasteiger partial charge in [0.05, 0.1) is 0 Å². The molecule has 0 aliphatic rings. The first-order valence-electron chi connectivity index (χ1n) is 4.69. The number of hydrogen-bond donors (Lipinski definition) is 0. The van der Waals surface area contributed by atoms with E-state index in [4.69, 9.17) is 11.6 Å². The van der Waals surface area contributed by atoms with E-state index < -0.39 is 0 Å². The molecule has 2 aromatic rings. The van der Waals surface area contributed by atoms with Crippen molar-refractivity contribution in [3.63, 3.8) is 0 Å². The van der Waals surface area contributed by atoms with Crippen LogP contribution >= 0.6 is 34.2 Å². The Bertz CT molecular complexity index is 471. The third kappa shape index (κ3) is 2.52. The van der Waals surface area contributed by atoms with Crippen LogP contribution in [0.3, 0.4) is 0 Å². The zero-order valence-corrected chi connectivity index (χ0v) is 11.2. The van der Waals surface area contributed by atoms with Gasteiger partial charge in [0, 0.05) is 14.2 Å². The Kier molecular flexibility index (Phi) is 3.32. The van der Waals surface area contributed by atoms with Gasteiger partial charge >= 0.3 is 0 Å². The normalized spacial score (nSPS) is 10.3. The largest absolute Gasteiger partial charge is 0.0837 e. The Balaban J connectivity index is 2.59. The molecule has 0 amide bonds. The van der Waals surface area contributed by atoms with Crippen molar-refractivity contribution in [2.24, 2.45) is 0 Å². The lowest BCUT2D eigenvalue weighted by molar-refractivity contribution is 1.44. The standard InChI is InChI=1S/C13H10ClI/c1-9-6-10(8-11(15)7-9)12-4-2-3-5-13(12)14/h2-8H,1H3. The van der Waals surface area contributed by atoms with Crippen molar-refractivity contribution in [1.82, 2.24) is 0 Å². The highest BCUT2D eigenvalue weighted by Crippen LogP contribution is 2.29.